The summed E-state index contributed by atoms with van der Waals surface area (Å²) in [7, 11) is 0. The second-order valence-electron chi connectivity index (χ2n) is 0.883. The normalized spacial score (nSPS) is 9.33. The zero-order chi connectivity index (χ0) is 8.08. The van der Waals surface area contributed by atoms with Crippen molar-refractivity contribution in [1.29, 1.82) is 0 Å². The van der Waals surface area contributed by atoms with Crippen LogP contribution in [0.25, 0.3) is 0 Å². The molecule has 0 saturated heterocycles. The molecule has 6 N–H and O–H groups in total. The fraction of sp³-hybridized carbons (Fsp3) is 0. The fourth-order valence-electron chi connectivity index (χ4n) is 0. The molecule has 56 valence electrons. The van der Waals surface area contributed by atoms with E-state index in [0.717, 1.165) is 0 Å². The molecule has 0 rings (SSSR count). The molecule has 8 heteroatoms. The maximum atomic E-state index is 8.56. The summed E-state index contributed by atoms with van der Waals surface area (Å²) in [4.78, 5) is 8.56. The van der Waals surface area contributed by atoms with Gasteiger partial charge in [-0.25, -0.2) is 4.79 Å². The number of hydrogen-bond acceptors (Lipinski definition) is 5. The van der Waals surface area contributed by atoms with E-state index in [9.17, 15) is 0 Å². The van der Waals surface area contributed by atoms with E-state index in [2.05, 4.69) is 0 Å². The third-order valence-corrected chi connectivity index (χ3v) is 0. The van der Waals surface area contributed by atoms with E-state index in [-0.39, 0.29) is 0 Å². The van der Waals surface area contributed by atoms with Gasteiger partial charge in [0, 0.05) is 0 Å². The molecule has 0 unspecified atom stereocenters. The van der Waals surface area contributed by atoms with Gasteiger partial charge < -0.3 is 10.2 Å². The van der Waals surface area contributed by atoms with Gasteiger partial charge in [0.25, 0.3) is 0 Å². The quantitative estimate of drug-likeness (QED) is 0.235. The minimum atomic E-state index is -5.00. The van der Waals surface area contributed by atoms with Crippen LogP contribution in [0.5, 0.6) is 0 Å². The van der Waals surface area contributed by atoms with Gasteiger partial charge in [0.05, 0.1) is 0 Å². The fourth-order valence-corrected chi connectivity index (χ4v) is 0. The van der Waals surface area contributed by atoms with Crippen LogP contribution in [0.15, 0.2) is 0 Å². The first-order valence-corrected chi connectivity index (χ1v) is 4.34. The standard InChI is InChI=1S/CH2O3.4H2O.Ti/c2-1(3)4;;;;;/h(H2,2,3,4);4*1H2;/q;;;;;+4/p-4. The Morgan fingerprint density at radius 1 is 1.00 bits per heavy atom. The molecule has 0 heterocycles. The molecule has 0 aliphatic heterocycles. The van der Waals surface area contributed by atoms with Crippen molar-refractivity contribution in [3.8, 4) is 0 Å². The van der Waals surface area contributed by atoms with Crippen molar-refractivity contribution in [1.82, 2.24) is 0 Å². The van der Waals surface area contributed by atoms with Crippen molar-refractivity contribution in [2.45, 2.75) is 0 Å². The molecule has 0 aromatic carbocycles. The van der Waals surface area contributed by atoms with E-state index < -0.39 is 24.3 Å². The SMILES string of the molecule is O=C(O)O.[OH][Ti]([OH])([OH])[OH]. The van der Waals surface area contributed by atoms with Crippen molar-refractivity contribution >= 4 is 6.16 Å². The van der Waals surface area contributed by atoms with E-state index in [1.165, 1.54) is 0 Å². The van der Waals surface area contributed by atoms with Crippen LogP contribution in [0.1, 0.15) is 0 Å². The molecule has 7 nitrogen and oxygen atoms in total. The summed E-state index contributed by atoms with van der Waals surface area (Å²) in [6.45, 7) is 0. The van der Waals surface area contributed by atoms with Gasteiger partial charge in [0.15, 0.2) is 0 Å². The number of rotatable bonds is 0. The molecule has 0 atom stereocenters. The first kappa shape index (κ1) is 11.6. The Balaban J connectivity index is 0. The van der Waals surface area contributed by atoms with Crippen molar-refractivity contribution in [3.63, 3.8) is 0 Å². The Morgan fingerprint density at radius 3 is 1.00 bits per heavy atom. The van der Waals surface area contributed by atoms with Gasteiger partial charge >= 0.3 is 39.0 Å². The molecule has 0 fully saturated rings. The molecule has 0 saturated carbocycles. The van der Waals surface area contributed by atoms with Gasteiger partial charge in [-0.2, -0.15) is 0 Å². The summed E-state index contributed by atoms with van der Waals surface area (Å²) in [5.41, 5.74) is 0. The van der Waals surface area contributed by atoms with Gasteiger partial charge in [-0.1, -0.05) is 0 Å². The predicted molar refractivity (Wildman–Crippen MR) is 19.5 cm³/mol. The van der Waals surface area contributed by atoms with E-state index >= 15 is 0 Å². The van der Waals surface area contributed by atoms with Crippen molar-refractivity contribution in [3.05, 3.63) is 0 Å². The minimum absolute atomic E-state index is 1.83. The molecule has 0 bridgehead atoms. The van der Waals surface area contributed by atoms with Crippen LogP contribution in [-0.2, 0) is 18.1 Å². The van der Waals surface area contributed by atoms with E-state index in [4.69, 9.17) is 29.8 Å². The summed E-state index contributed by atoms with van der Waals surface area (Å²) >= 11 is -5.00. The molecular weight excluding hydrogens is 172 g/mol. The first-order chi connectivity index (χ1) is 3.73. The third-order valence-electron chi connectivity index (χ3n) is 0. The second-order valence-corrected chi connectivity index (χ2v) is 2.76. The Hall–Kier alpha value is -0.176. The molecule has 0 aromatic rings. The molecule has 0 aliphatic rings. The van der Waals surface area contributed by atoms with Gasteiger partial charge in [0.2, 0.25) is 0 Å². The van der Waals surface area contributed by atoms with E-state index in [0.29, 0.717) is 0 Å². The van der Waals surface area contributed by atoms with Crippen LogP contribution in [0.4, 0.5) is 4.79 Å². The number of carbonyl (C=O) groups is 1. The topological polar surface area (TPSA) is 138 Å². The average Bonchev–Trinajstić information content (AvgIpc) is 1.19. The molecule has 0 radical (unpaired) electrons. The van der Waals surface area contributed by atoms with Gasteiger partial charge in [-0.15, -0.1) is 0 Å². The van der Waals surface area contributed by atoms with Crippen LogP contribution < -0.4 is 0 Å². The van der Waals surface area contributed by atoms with Crippen LogP contribution in [0.2, 0.25) is 0 Å². The van der Waals surface area contributed by atoms with Crippen LogP contribution in [0.3, 0.4) is 0 Å². The third kappa shape index (κ3) is 8600. The monoisotopic (exact) mass is 178 g/mol. The molecule has 0 amide bonds. The first-order valence-electron chi connectivity index (χ1n) is 1.55. The summed E-state index contributed by atoms with van der Waals surface area (Å²) in [6, 6.07) is 0. The van der Waals surface area contributed by atoms with Crippen molar-refractivity contribution in [2.24, 2.45) is 0 Å². The zero-order valence-electron chi connectivity index (χ0n) is 4.09. The Kier molecular flexibility index (Phi) is 6.03. The Morgan fingerprint density at radius 2 is 1.00 bits per heavy atom. The van der Waals surface area contributed by atoms with Gasteiger partial charge in [-0.3, -0.25) is 0 Å². The summed E-state index contributed by atoms with van der Waals surface area (Å²) in [5, 5.41) is 13.9. The predicted octanol–water partition coefficient (Wildman–Crippen LogP) is -2.01. The van der Waals surface area contributed by atoms with Crippen molar-refractivity contribution < 1.29 is 47.9 Å². The van der Waals surface area contributed by atoms with Gasteiger partial charge in [-0.05, 0) is 0 Å². The molecule has 0 aliphatic carbocycles. The number of carboxylic acid groups (broad SMARTS) is 2. The Bertz CT molecular complexity index is 71.4. The maximum absolute atomic E-state index is 8.56. The summed E-state index contributed by atoms with van der Waals surface area (Å²) in [6.07, 6.45) is -1.83. The van der Waals surface area contributed by atoms with Crippen LogP contribution in [-0.4, -0.2) is 31.1 Å². The second kappa shape index (κ2) is 4.68. The molecule has 0 spiro atoms. The average molecular weight is 178 g/mol. The van der Waals surface area contributed by atoms with Crippen LogP contribution >= 0.6 is 0 Å². The van der Waals surface area contributed by atoms with Gasteiger partial charge in [0.1, 0.15) is 0 Å². The number of hydrogen-bond donors (Lipinski definition) is 6. The zero-order valence-corrected chi connectivity index (χ0v) is 5.65. The van der Waals surface area contributed by atoms with Crippen LogP contribution in [0, 0.1) is 0 Å². The van der Waals surface area contributed by atoms with E-state index in [1.807, 2.05) is 0 Å². The van der Waals surface area contributed by atoms with E-state index in [1.54, 1.807) is 0 Å². The Labute approximate surface area is 54.7 Å². The van der Waals surface area contributed by atoms with Crippen molar-refractivity contribution in [2.75, 3.05) is 0 Å². The molecule has 0 aromatic heterocycles. The summed E-state index contributed by atoms with van der Waals surface area (Å²) < 4.78 is 29.5. The molecular formula is CH6O7Ti. The molecule has 9 heavy (non-hydrogen) atoms. The summed E-state index contributed by atoms with van der Waals surface area (Å²) in [5.74, 6) is 0.